The average molecular weight is 97.1 g/mol. The Bertz CT molecular complexity index is 125. The lowest BCUT2D eigenvalue weighted by Crippen LogP contribution is -2.10. The van der Waals surface area contributed by atoms with Crippen molar-refractivity contribution in [2.45, 2.75) is 0 Å². The molecule has 0 saturated carbocycles. The second-order valence-corrected chi connectivity index (χ2v) is 0.951. The molecule has 0 aromatic carbocycles. The minimum Gasteiger partial charge on any atom is -0.247 e. The lowest BCUT2D eigenvalue weighted by Gasteiger charge is -1.96. The van der Waals surface area contributed by atoms with Crippen LogP contribution >= 0.6 is 0 Å². The van der Waals surface area contributed by atoms with Crippen molar-refractivity contribution >= 4 is 0 Å². The highest BCUT2D eigenvalue weighted by molar-refractivity contribution is 4.84. The summed E-state index contributed by atoms with van der Waals surface area (Å²) in [6.07, 6.45) is 4.72. The third-order valence-corrected chi connectivity index (χ3v) is 0.528. The molecule has 4 nitrogen and oxygen atoms in total. The molecule has 0 aliphatic carbocycles. The zero-order chi connectivity index (χ0) is 5.11. The van der Waals surface area contributed by atoms with E-state index in [2.05, 4.69) is 10.4 Å². The monoisotopic (exact) mass is 97.0 g/mol. The Balaban J connectivity index is 2.47. The molecule has 0 unspecified atom stereocenters. The Labute approximate surface area is 40.5 Å². The first-order valence-corrected chi connectivity index (χ1v) is 1.71. The molecule has 0 spiro atoms. The summed E-state index contributed by atoms with van der Waals surface area (Å²) in [7, 11) is 0. The number of hydrogen-bond acceptors (Lipinski definition) is 4. The molecule has 0 atom stereocenters. The molecule has 4 heteroatoms. The maximum atomic E-state index is 8.03. The van der Waals surface area contributed by atoms with E-state index in [1.807, 2.05) is 0 Å². The maximum Gasteiger partial charge on any atom is 0.212 e. The van der Waals surface area contributed by atoms with Crippen molar-refractivity contribution in [3.63, 3.8) is 0 Å². The van der Waals surface area contributed by atoms with Crippen molar-refractivity contribution in [3.05, 3.63) is 12.4 Å². The molecule has 0 saturated heterocycles. The van der Waals surface area contributed by atoms with Crippen LogP contribution in [0.4, 0.5) is 0 Å². The van der Waals surface area contributed by atoms with Crippen LogP contribution in [0, 0.1) is 11.5 Å². The normalized spacial score (nSPS) is 16.1. The van der Waals surface area contributed by atoms with Gasteiger partial charge in [-0.3, -0.25) is 0 Å². The van der Waals surface area contributed by atoms with Crippen LogP contribution in [0.5, 0.6) is 0 Å². The van der Waals surface area contributed by atoms with Gasteiger partial charge in [-0.25, -0.2) is 5.48 Å². The van der Waals surface area contributed by atoms with Gasteiger partial charge in [-0.1, -0.05) is 0 Å². The molecule has 1 rings (SSSR count). The fourth-order valence-electron chi connectivity index (χ4n) is 0.270. The van der Waals surface area contributed by atoms with Crippen LogP contribution in [0.25, 0.3) is 0 Å². The summed E-state index contributed by atoms with van der Waals surface area (Å²) in [6, 6.07) is 0. The number of nitrogens with one attached hydrogen (secondary N) is 1. The summed E-state index contributed by atoms with van der Waals surface area (Å²) in [4.78, 5) is 4.41. The fraction of sp³-hybridized carbons (Fsp3) is 0. The zero-order valence-corrected chi connectivity index (χ0v) is 3.46. The van der Waals surface area contributed by atoms with E-state index in [1.165, 1.54) is 12.4 Å². The van der Waals surface area contributed by atoms with E-state index in [9.17, 15) is 0 Å². The minimum atomic E-state index is 1.00. The largest absolute Gasteiger partial charge is 0.247 e. The van der Waals surface area contributed by atoms with Gasteiger partial charge in [0.25, 0.3) is 0 Å². The molecule has 0 bridgehead atoms. The van der Waals surface area contributed by atoms with Crippen LogP contribution in [-0.2, 0) is 4.94 Å². The second-order valence-electron chi connectivity index (χ2n) is 0.951. The Kier molecular flexibility index (Phi) is 0.845. The van der Waals surface area contributed by atoms with E-state index in [-0.39, 0.29) is 0 Å². The summed E-state index contributed by atoms with van der Waals surface area (Å²) in [5, 5.41) is 9.03. The first-order chi connectivity index (χ1) is 3.43. The first-order valence-electron chi connectivity index (χ1n) is 1.71. The van der Waals surface area contributed by atoms with Gasteiger partial charge in [-0.2, -0.15) is 5.26 Å². The molecule has 1 heterocycles. The molecule has 1 N–H and O–H groups in total. The highest BCUT2D eigenvalue weighted by atomic mass is 16.8. The first kappa shape index (κ1) is 3.96. The predicted octanol–water partition coefficient (Wildman–Crippen LogP) is -0.310. The van der Waals surface area contributed by atoms with Crippen molar-refractivity contribution in [2.75, 3.05) is 0 Å². The quantitative estimate of drug-likeness (QED) is 0.421. The van der Waals surface area contributed by atoms with Crippen LogP contribution < -0.4 is 5.48 Å². The second kappa shape index (κ2) is 1.49. The molecule has 0 amide bonds. The van der Waals surface area contributed by atoms with Gasteiger partial charge in [0.15, 0.2) is 0 Å². The van der Waals surface area contributed by atoms with E-state index in [0.29, 0.717) is 0 Å². The third kappa shape index (κ3) is 0.614. The van der Waals surface area contributed by atoms with Crippen LogP contribution in [0.1, 0.15) is 0 Å². The Morgan fingerprint density at radius 2 is 2.71 bits per heavy atom. The topological polar surface area (TPSA) is 48.3 Å². The van der Waals surface area contributed by atoms with E-state index in [4.69, 9.17) is 5.26 Å². The van der Waals surface area contributed by atoms with Gasteiger partial charge in [-0.15, -0.1) is 10.0 Å². The van der Waals surface area contributed by atoms with Gasteiger partial charge < -0.3 is 0 Å². The molecule has 0 aromatic rings. The Morgan fingerprint density at radius 3 is 3.00 bits per heavy atom. The third-order valence-electron chi connectivity index (χ3n) is 0.528. The number of rotatable bonds is 0. The van der Waals surface area contributed by atoms with Crippen LogP contribution in [0.15, 0.2) is 12.4 Å². The SMILES string of the molecule is N#CN1C=CNO1. The van der Waals surface area contributed by atoms with Gasteiger partial charge in [0.2, 0.25) is 6.19 Å². The molecule has 1 aliphatic rings. The summed E-state index contributed by atoms with van der Waals surface area (Å²) in [6.45, 7) is 0. The molecule has 1 aliphatic heterocycles. The Hall–Kier alpha value is -1.21. The Morgan fingerprint density at radius 1 is 1.86 bits per heavy atom. The molecular formula is C3H3N3O. The van der Waals surface area contributed by atoms with Gasteiger partial charge >= 0.3 is 0 Å². The summed E-state index contributed by atoms with van der Waals surface area (Å²) < 4.78 is 0. The van der Waals surface area contributed by atoms with Crippen molar-refractivity contribution < 1.29 is 4.94 Å². The van der Waals surface area contributed by atoms with Crippen LogP contribution in [0.3, 0.4) is 0 Å². The average Bonchev–Trinajstić information content (AvgIpc) is 2.14. The van der Waals surface area contributed by atoms with Crippen molar-refractivity contribution in [1.82, 2.24) is 10.5 Å². The number of hydroxylamine groups is 3. The van der Waals surface area contributed by atoms with Crippen molar-refractivity contribution in [1.29, 1.82) is 5.26 Å². The van der Waals surface area contributed by atoms with Gasteiger partial charge in [0.05, 0.1) is 6.20 Å². The molecule has 36 valence electrons. The van der Waals surface area contributed by atoms with Gasteiger partial charge in [-0.05, 0) is 0 Å². The highest BCUT2D eigenvalue weighted by Gasteiger charge is 1.98. The van der Waals surface area contributed by atoms with E-state index < -0.39 is 0 Å². The maximum absolute atomic E-state index is 8.03. The zero-order valence-electron chi connectivity index (χ0n) is 3.46. The lowest BCUT2D eigenvalue weighted by atomic mass is 10.9. The van der Waals surface area contributed by atoms with Gasteiger partial charge in [0, 0.05) is 6.20 Å². The highest BCUT2D eigenvalue weighted by Crippen LogP contribution is 1.90. The fourth-order valence-corrected chi connectivity index (χ4v) is 0.270. The molecular weight excluding hydrogens is 94.1 g/mol. The van der Waals surface area contributed by atoms with Crippen molar-refractivity contribution in [2.24, 2.45) is 0 Å². The van der Waals surface area contributed by atoms with Crippen LogP contribution in [0.2, 0.25) is 0 Å². The van der Waals surface area contributed by atoms with Crippen LogP contribution in [-0.4, -0.2) is 5.06 Å². The summed E-state index contributed by atoms with van der Waals surface area (Å²) >= 11 is 0. The van der Waals surface area contributed by atoms with E-state index in [1.54, 1.807) is 6.19 Å². The van der Waals surface area contributed by atoms with E-state index >= 15 is 0 Å². The lowest BCUT2D eigenvalue weighted by molar-refractivity contribution is -0.0990. The predicted molar refractivity (Wildman–Crippen MR) is 20.8 cm³/mol. The molecule has 0 aromatic heterocycles. The number of hydrogen-bond donors (Lipinski definition) is 1. The minimum absolute atomic E-state index is 1.00. The number of nitriles is 1. The van der Waals surface area contributed by atoms with E-state index in [0.717, 1.165) is 5.06 Å². The molecule has 0 radical (unpaired) electrons. The van der Waals surface area contributed by atoms with Crippen molar-refractivity contribution in [3.8, 4) is 6.19 Å². The standard InChI is InChI=1S/C3H3N3O/c4-3-6-2-1-5-7-6/h1-2,5H. The van der Waals surface area contributed by atoms with Gasteiger partial charge in [0.1, 0.15) is 0 Å². The smallest absolute Gasteiger partial charge is 0.212 e. The molecule has 0 fully saturated rings. The molecule has 7 heavy (non-hydrogen) atoms. The summed E-state index contributed by atoms with van der Waals surface area (Å²) in [5.74, 6) is 0. The summed E-state index contributed by atoms with van der Waals surface area (Å²) in [5.41, 5.74) is 2.35. The number of nitrogens with zero attached hydrogens (tertiary/aromatic N) is 2.